The molecule has 3 fully saturated rings. The lowest BCUT2D eigenvalue weighted by Crippen LogP contribution is -2.66. The minimum atomic E-state index is -0.575. The number of fused-ring (bicyclic) bond motifs is 4. The lowest BCUT2D eigenvalue weighted by Gasteiger charge is -2.56. The summed E-state index contributed by atoms with van der Waals surface area (Å²) in [5, 5.41) is 0. The zero-order valence-electron chi connectivity index (χ0n) is 16.9. The van der Waals surface area contributed by atoms with Crippen LogP contribution in [0.25, 0.3) is 0 Å². The number of likely N-dealkylation sites (tertiary alicyclic amines) is 1. The van der Waals surface area contributed by atoms with E-state index in [9.17, 15) is 14.0 Å². The summed E-state index contributed by atoms with van der Waals surface area (Å²) in [5.41, 5.74) is 1.10. The van der Waals surface area contributed by atoms with Gasteiger partial charge in [-0.1, -0.05) is 30.3 Å². The Balaban J connectivity index is 1.45. The number of carbonyl (C=O) groups is 2. The molecule has 2 amide bonds. The number of benzene rings is 1. The molecule has 0 saturated carbocycles. The number of nitrogens with zero attached hydrogens (tertiary/aromatic N) is 3. The first kappa shape index (κ1) is 19.2. The molecule has 3 aliphatic rings. The predicted molar refractivity (Wildman–Crippen MR) is 110 cm³/mol. The summed E-state index contributed by atoms with van der Waals surface area (Å²) in [4.78, 5) is 33.9. The number of piperidine rings is 3. The maximum atomic E-state index is 14.2. The Morgan fingerprint density at radius 3 is 2.70 bits per heavy atom. The van der Waals surface area contributed by atoms with Crippen molar-refractivity contribution in [1.82, 2.24) is 14.8 Å². The summed E-state index contributed by atoms with van der Waals surface area (Å²) in [6, 6.07) is 13.3. The van der Waals surface area contributed by atoms with Crippen LogP contribution in [0.2, 0.25) is 0 Å². The molecule has 0 aliphatic carbocycles. The van der Waals surface area contributed by atoms with E-state index in [1.54, 1.807) is 4.90 Å². The van der Waals surface area contributed by atoms with Crippen LogP contribution in [0.4, 0.5) is 4.39 Å². The molecule has 3 saturated heterocycles. The van der Waals surface area contributed by atoms with Crippen molar-refractivity contribution in [2.75, 3.05) is 13.1 Å². The topological polar surface area (TPSA) is 53.5 Å². The van der Waals surface area contributed by atoms with E-state index in [0.717, 1.165) is 25.7 Å². The van der Waals surface area contributed by atoms with Crippen LogP contribution in [0, 0.1) is 17.7 Å². The summed E-state index contributed by atoms with van der Waals surface area (Å²) < 4.78 is 14.2. The molecule has 30 heavy (non-hydrogen) atoms. The maximum absolute atomic E-state index is 14.2. The number of aromatic nitrogens is 1. The molecular weight excluding hydrogens is 381 g/mol. The standard InChI is InChI=1S/C24H26FN3O2/c25-19-8-5-11-26-23(19)24(30)27-14-17-13-18(15-27)21(12-16-6-2-1-3-7-16)28-20(17)9-4-10-22(28)29/h1-3,5-8,11,17-18,20-21H,4,9-10,12-15H2/t17-,18+,20+,21+/m1/s1. The smallest absolute Gasteiger partial charge is 0.275 e. The van der Waals surface area contributed by atoms with E-state index in [0.29, 0.717) is 19.5 Å². The van der Waals surface area contributed by atoms with Crippen LogP contribution in [-0.2, 0) is 11.2 Å². The summed E-state index contributed by atoms with van der Waals surface area (Å²) in [6.45, 7) is 1.11. The first-order valence-electron chi connectivity index (χ1n) is 10.9. The van der Waals surface area contributed by atoms with Crippen LogP contribution in [0.5, 0.6) is 0 Å². The van der Waals surface area contributed by atoms with Gasteiger partial charge < -0.3 is 9.80 Å². The fraction of sp³-hybridized carbons (Fsp3) is 0.458. The quantitative estimate of drug-likeness (QED) is 0.785. The van der Waals surface area contributed by atoms with Crippen molar-refractivity contribution >= 4 is 11.8 Å². The highest BCUT2D eigenvalue weighted by Crippen LogP contribution is 2.42. The molecule has 2 aromatic rings. The number of halogens is 1. The normalized spacial score (nSPS) is 28.2. The van der Waals surface area contributed by atoms with Crippen molar-refractivity contribution in [3.05, 3.63) is 65.7 Å². The van der Waals surface area contributed by atoms with Gasteiger partial charge in [0.25, 0.3) is 5.91 Å². The largest absolute Gasteiger partial charge is 0.337 e. The van der Waals surface area contributed by atoms with Crippen LogP contribution in [0.15, 0.2) is 48.7 Å². The fourth-order valence-electron chi connectivity index (χ4n) is 5.75. The Morgan fingerprint density at radius 2 is 1.90 bits per heavy atom. The minimum Gasteiger partial charge on any atom is -0.337 e. The van der Waals surface area contributed by atoms with Gasteiger partial charge in [0.2, 0.25) is 5.91 Å². The minimum absolute atomic E-state index is 0.0747. The molecule has 0 spiro atoms. The van der Waals surface area contributed by atoms with Crippen LogP contribution < -0.4 is 0 Å². The summed E-state index contributed by atoms with van der Waals surface area (Å²) in [6.07, 6.45) is 5.77. The second-order valence-electron chi connectivity index (χ2n) is 8.82. The van der Waals surface area contributed by atoms with Gasteiger partial charge in [-0.3, -0.25) is 9.59 Å². The highest BCUT2D eigenvalue weighted by atomic mass is 19.1. The van der Waals surface area contributed by atoms with Crippen LogP contribution in [0.1, 0.15) is 41.7 Å². The predicted octanol–water partition coefficient (Wildman–Crippen LogP) is 3.31. The molecular formula is C24H26FN3O2. The van der Waals surface area contributed by atoms with Crippen molar-refractivity contribution in [3.8, 4) is 0 Å². The van der Waals surface area contributed by atoms with Gasteiger partial charge in [0.05, 0.1) is 0 Å². The van der Waals surface area contributed by atoms with Gasteiger partial charge in [-0.25, -0.2) is 9.37 Å². The van der Waals surface area contributed by atoms with Crippen molar-refractivity contribution < 1.29 is 14.0 Å². The number of hydrogen-bond donors (Lipinski definition) is 0. The Hall–Kier alpha value is -2.76. The second-order valence-corrected chi connectivity index (χ2v) is 8.82. The van der Waals surface area contributed by atoms with E-state index < -0.39 is 5.82 Å². The molecule has 3 aliphatic heterocycles. The average Bonchev–Trinajstić information content (AvgIpc) is 2.77. The maximum Gasteiger partial charge on any atom is 0.275 e. The SMILES string of the molecule is O=C(c1ncccc1F)N1C[C@H]2C[C@@H](C1)[C@H](Cc1ccccc1)N1C(=O)CCC[C@@H]21. The monoisotopic (exact) mass is 407 g/mol. The van der Waals surface area contributed by atoms with Crippen molar-refractivity contribution in [1.29, 1.82) is 0 Å². The number of carbonyl (C=O) groups excluding carboxylic acids is 2. The van der Waals surface area contributed by atoms with Gasteiger partial charge in [0, 0.05) is 37.8 Å². The van der Waals surface area contributed by atoms with Gasteiger partial charge in [-0.2, -0.15) is 0 Å². The number of hydrogen-bond acceptors (Lipinski definition) is 3. The van der Waals surface area contributed by atoms with Gasteiger partial charge >= 0.3 is 0 Å². The molecule has 156 valence electrons. The molecule has 1 aromatic heterocycles. The third-order valence-corrected chi connectivity index (χ3v) is 7.03. The summed E-state index contributed by atoms with van der Waals surface area (Å²) in [7, 11) is 0. The molecule has 0 radical (unpaired) electrons. The molecule has 2 bridgehead atoms. The van der Waals surface area contributed by atoms with Crippen LogP contribution in [0.3, 0.4) is 0 Å². The molecule has 0 unspecified atom stereocenters. The highest BCUT2D eigenvalue weighted by molar-refractivity contribution is 5.92. The molecule has 6 heteroatoms. The van der Waals surface area contributed by atoms with Crippen molar-refractivity contribution in [2.24, 2.45) is 11.8 Å². The van der Waals surface area contributed by atoms with Crippen LogP contribution >= 0.6 is 0 Å². The number of pyridine rings is 1. The van der Waals surface area contributed by atoms with E-state index >= 15 is 0 Å². The molecule has 4 atom stereocenters. The Bertz CT molecular complexity index is 950. The Labute approximate surface area is 175 Å². The highest BCUT2D eigenvalue weighted by Gasteiger charge is 2.50. The second kappa shape index (κ2) is 7.82. The first-order valence-corrected chi connectivity index (χ1v) is 10.9. The molecule has 5 nitrogen and oxygen atoms in total. The van der Waals surface area contributed by atoms with Gasteiger partial charge in [0.1, 0.15) is 0 Å². The molecule has 5 rings (SSSR count). The van der Waals surface area contributed by atoms with Crippen LogP contribution in [-0.4, -0.2) is 51.8 Å². The van der Waals surface area contributed by atoms with Crippen molar-refractivity contribution in [2.45, 2.75) is 44.2 Å². The number of amides is 2. The Morgan fingerprint density at radius 1 is 1.10 bits per heavy atom. The zero-order chi connectivity index (χ0) is 20.7. The van der Waals surface area contributed by atoms with E-state index in [-0.39, 0.29) is 41.4 Å². The molecule has 1 aromatic carbocycles. The lowest BCUT2D eigenvalue weighted by molar-refractivity contribution is -0.151. The lowest BCUT2D eigenvalue weighted by atomic mass is 9.70. The van der Waals surface area contributed by atoms with Gasteiger partial charge in [-0.05, 0) is 55.2 Å². The fourth-order valence-corrected chi connectivity index (χ4v) is 5.75. The Kier molecular flexibility index (Phi) is 5.01. The third kappa shape index (κ3) is 3.38. The zero-order valence-corrected chi connectivity index (χ0v) is 16.9. The van der Waals surface area contributed by atoms with E-state index in [4.69, 9.17) is 0 Å². The number of rotatable bonds is 3. The first-order chi connectivity index (χ1) is 14.6. The van der Waals surface area contributed by atoms with E-state index in [1.807, 2.05) is 18.2 Å². The third-order valence-electron chi connectivity index (χ3n) is 7.03. The molecule has 4 heterocycles. The average molecular weight is 407 g/mol. The van der Waals surface area contributed by atoms with Crippen molar-refractivity contribution in [3.63, 3.8) is 0 Å². The van der Waals surface area contributed by atoms with E-state index in [2.05, 4.69) is 22.0 Å². The molecule has 0 N–H and O–H groups in total. The van der Waals surface area contributed by atoms with E-state index in [1.165, 1.54) is 23.9 Å². The summed E-state index contributed by atoms with van der Waals surface area (Å²) in [5.74, 6) is -0.225. The van der Waals surface area contributed by atoms with Gasteiger partial charge in [0.15, 0.2) is 11.5 Å². The summed E-state index contributed by atoms with van der Waals surface area (Å²) >= 11 is 0. The van der Waals surface area contributed by atoms with Gasteiger partial charge in [-0.15, -0.1) is 0 Å².